The molecule has 2 aromatic rings. The molecule has 0 amide bonds. The number of ether oxygens (including phenoxy) is 1. The van der Waals surface area contributed by atoms with Crippen LogP contribution in [0.15, 0.2) is 42.0 Å². The minimum Gasteiger partial charge on any atom is -0.479 e. The maximum absolute atomic E-state index is 13.4. The molecule has 0 fully saturated rings. The van der Waals surface area contributed by atoms with Gasteiger partial charge < -0.3 is 14.9 Å². The summed E-state index contributed by atoms with van der Waals surface area (Å²) in [5.41, 5.74) is -0.0244. The second kappa shape index (κ2) is 8.22. The van der Waals surface area contributed by atoms with Crippen LogP contribution in [0.5, 0.6) is 11.6 Å². The van der Waals surface area contributed by atoms with Crippen LogP contribution >= 0.6 is 0 Å². The van der Waals surface area contributed by atoms with E-state index < -0.39 is 35.3 Å². The average molecular weight is 394 g/mol. The molecule has 9 heteroatoms. The SMILES string of the molecule is C=C(N=CC)c1cc(Oc2ncc(C(O)C(=O)O)cc2C(F)(F)F)ccc1C. The molecule has 1 heterocycles. The molecule has 28 heavy (non-hydrogen) atoms. The van der Waals surface area contributed by atoms with Gasteiger partial charge in [0, 0.05) is 23.5 Å². The Bertz CT molecular complexity index is 939. The molecular weight excluding hydrogens is 377 g/mol. The number of aliphatic hydroxyl groups excluding tert-OH is 1. The Morgan fingerprint density at radius 1 is 1.36 bits per heavy atom. The quantitative estimate of drug-likeness (QED) is 0.710. The first-order valence-corrected chi connectivity index (χ1v) is 7.99. The number of aliphatic carboxylic acids is 1. The van der Waals surface area contributed by atoms with Crippen LogP contribution in [0.4, 0.5) is 13.2 Å². The molecule has 1 unspecified atom stereocenters. The highest BCUT2D eigenvalue weighted by Crippen LogP contribution is 2.38. The Hall–Kier alpha value is -3.20. The zero-order valence-corrected chi connectivity index (χ0v) is 15.0. The lowest BCUT2D eigenvalue weighted by molar-refractivity contribution is -0.147. The van der Waals surface area contributed by atoms with E-state index in [2.05, 4.69) is 16.6 Å². The van der Waals surface area contributed by atoms with Gasteiger partial charge in [-0.2, -0.15) is 13.2 Å². The molecule has 1 atom stereocenters. The van der Waals surface area contributed by atoms with Gasteiger partial charge in [0.05, 0.1) is 5.70 Å². The van der Waals surface area contributed by atoms with Crippen molar-refractivity contribution in [3.05, 3.63) is 59.3 Å². The molecule has 0 bridgehead atoms. The molecule has 2 N–H and O–H groups in total. The van der Waals surface area contributed by atoms with Crippen LogP contribution in [0, 0.1) is 6.92 Å². The fraction of sp³-hybridized carbons (Fsp3) is 0.211. The van der Waals surface area contributed by atoms with E-state index in [1.165, 1.54) is 18.3 Å². The molecule has 0 aliphatic carbocycles. The van der Waals surface area contributed by atoms with E-state index in [9.17, 15) is 23.1 Å². The van der Waals surface area contributed by atoms with E-state index in [1.807, 2.05) is 0 Å². The lowest BCUT2D eigenvalue weighted by atomic mass is 10.1. The van der Waals surface area contributed by atoms with Gasteiger partial charge in [-0.1, -0.05) is 12.6 Å². The number of hydrogen-bond donors (Lipinski definition) is 2. The Morgan fingerprint density at radius 2 is 2.04 bits per heavy atom. The van der Waals surface area contributed by atoms with Gasteiger partial charge in [-0.15, -0.1) is 0 Å². The summed E-state index contributed by atoms with van der Waals surface area (Å²) < 4.78 is 45.5. The molecule has 148 valence electrons. The van der Waals surface area contributed by atoms with Crippen molar-refractivity contribution in [2.24, 2.45) is 4.99 Å². The van der Waals surface area contributed by atoms with E-state index in [0.29, 0.717) is 17.3 Å². The van der Waals surface area contributed by atoms with E-state index >= 15 is 0 Å². The zero-order chi connectivity index (χ0) is 21.1. The van der Waals surface area contributed by atoms with Crippen molar-refractivity contribution in [1.29, 1.82) is 0 Å². The molecule has 1 aromatic carbocycles. The standard InChI is InChI=1S/C19H17F3N2O4/c1-4-23-11(3)14-8-13(6-5-10(14)2)28-17-15(19(20,21)22)7-12(9-24-17)16(25)18(26)27/h4-9,16,25H,3H2,1-2H3,(H,26,27). The van der Waals surface area contributed by atoms with E-state index in [0.717, 1.165) is 11.8 Å². The minimum absolute atomic E-state index is 0.0672. The number of rotatable bonds is 6. The smallest absolute Gasteiger partial charge is 0.421 e. The first-order valence-electron chi connectivity index (χ1n) is 7.99. The number of aliphatic imine (C=N–C) groups is 1. The number of halogens is 3. The van der Waals surface area contributed by atoms with Gasteiger partial charge in [-0.05, 0) is 37.6 Å². The fourth-order valence-electron chi connectivity index (χ4n) is 2.36. The number of hydrogen-bond acceptors (Lipinski definition) is 5. The minimum atomic E-state index is -4.87. The molecule has 0 spiro atoms. The third-order valence-corrected chi connectivity index (χ3v) is 3.75. The van der Waals surface area contributed by atoms with Gasteiger partial charge in [-0.25, -0.2) is 9.78 Å². The van der Waals surface area contributed by atoms with Crippen molar-refractivity contribution >= 4 is 17.9 Å². The van der Waals surface area contributed by atoms with Crippen molar-refractivity contribution in [1.82, 2.24) is 4.98 Å². The summed E-state index contributed by atoms with van der Waals surface area (Å²) in [7, 11) is 0. The molecule has 0 aliphatic rings. The van der Waals surface area contributed by atoms with Crippen LogP contribution in [0.2, 0.25) is 0 Å². The second-order valence-corrected chi connectivity index (χ2v) is 5.77. The predicted octanol–water partition coefficient (Wildman–Crippen LogP) is 4.38. The molecule has 6 nitrogen and oxygen atoms in total. The number of aliphatic hydroxyl groups is 1. The lowest BCUT2D eigenvalue weighted by Crippen LogP contribution is -2.14. The van der Waals surface area contributed by atoms with Crippen molar-refractivity contribution in [2.75, 3.05) is 0 Å². The van der Waals surface area contributed by atoms with Crippen LogP contribution < -0.4 is 4.74 Å². The summed E-state index contributed by atoms with van der Waals surface area (Å²) in [6.07, 6.45) is -4.66. The van der Waals surface area contributed by atoms with Crippen LogP contribution in [-0.4, -0.2) is 27.4 Å². The third-order valence-electron chi connectivity index (χ3n) is 3.75. The lowest BCUT2D eigenvalue weighted by Gasteiger charge is -2.16. The number of alkyl halides is 3. The molecule has 0 aliphatic heterocycles. The third kappa shape index (κ3) is 4.74. The maximum atomic E-state index is 13.4. The number of carboxylic acids is 1. The summed E-state index contributed by atoms with van der Waals surface area (Å²) in [4.78, 5) is 18.4. The number of nitrogens with zero attached hydrogens (tertiary/aromatic N) is 2. The van der Waals surface area contributed by atoms with Crippen LogP contribution in [0.25, 0.3) is 5.70 Å². The summed E-state index contributed by atoms with van der Waals surface area (Å²) in [5.74, 6) is -2.40. The summed E-state index contributed by atoms with van der Waals surface area (Å²) in [5, 5.41) is 18.3. The summed E-state index contributed by atoms with van der Waals surface area (Å²) in [6.45, 7) is 7.29. The topological polar surface area (TPSA) is 92.0 Å². The Morgan fingerprint density at radius 3 is 2.61 bits per heavy atom. The van der Waals surface area contributed by atoms with Gasteiger partial charge in [0.1, 0.15) is 11.3 Å². The summed E-state index contributed by atoms with van der Waals surface area (Å²) >= 11 is 0. The fourth-order valence-corrected chi connectivity index (χ4v) is 2.36. The first-order chi connectivity index (χ1) is 13.0. The van der Waals surface area contributed by atoms with Gasteiger partial charge in [0.15, 0.2) is 6.10 Å². The van der Waals surface area contributed by atoms with Crippen molar-refractivity contribution in [3.8, 4) is 11.6 Å². The Balaban J connectivity index is 2.47. The molecule has 0 saturated heterocycles. The molecule has 1 aromatic heterocycles. The molecular formula is C19H17F3N2O4. The van der Waals surface area contributed by atoms with Crippen molar-refractivity contribution in [3.63, 3.8) is 0 Å². The molecule has 2 rings (SSSR count). The zero-order valence-electron chi connectivity index (χ0n) is 15.0. The summed E-state index contributed by atoms with van der Waals surface area (Å²) in [6, 6.07) is 5.07. The number of pyridine rings is 1. The Kier molecular flexibility index (Phi) is 6.19. The largest absolute Gasteiger partial charge is 0.479 e. The van der Waals surface area contributed by atoms with Gasteiger partial charge in [0.2, 0.25) is 5.88 Å². The monoisotopic (exact) mass is 394 g/mol. The van der Waals surface area contributed by atoms with E-state index in [1.54, 1.807) is 19.9 Å². The van der Waals surface area contributed by atoms with Crippen molar-refractivity contribution < 1.29 is 32.9 Å². The number of benzene rings is 1. The molecule has 0 radical (unpaired) electrons. The highest BCUT2D eigenvalue weighted by atomic mass is 19.4. The van der Waals surface area contributed by atoms with Gasteiger partial charge in [0.25, 0.3) is 0 Å². The van der Waals surface area contributed by atoms with Crippen molar-refractivity contribution in [2.45, 2.75) is 26.1 Å². The average Bonchev–Trinajstić information content (AvgIpc) is 2.62. The normalized spacial score (nSPS) is 12.8. The number of aromatic nitrogens is 1. The van der Waals surface area contributed by atoms with Crippen LogP contribution in [0.3, 0.4) is 0 Å². The number of aryl methyl sites for hydroxylation is 1. The first kappa shape index (κ1) is 21.1. The maximum Gasteiger partial charge on any atom is 0.421 e. The Labute approximate surface area is 158 Å². The van der Waals surface area contributed by atoms with Crippen LogP contribution in [-0.2, 0) is 11.0 Å². The van der Waals surface area contributed by atoms with E-state index in [4.69, 9.17) is 9.84 Å². The second-order valence-electron chi connectivity index (χ2n) is 5.77. The highest BCUT2D eigenvalue weighted by molar-refractivity contribution is 5.74. The number of carbonyl (C=O) groups is 1. The van der Waals surface area contributed by atoms with Gasteiger partial charge >= 0.3 is 12.1 Å². The molecule has 0 saturated carbocycles. The highest BCUT2D eigenvalue weighted by Gasteiger charge is 2.37. The van der Waals surface area contributed by atoms with Crippen LogP contribution in [0.1, 0.15) is 35.3 Å². The van der Waals surface area contributed by atoms with E-state index in [-0.39, 0.29) is 5.75 Å². The number of carboxylic acid groups (broad SMARTS) is 1. The predicted molar refractivity (Wildman–Crippen MR) is 96.3 cm³/mol. The van der Waals surface area contributed by atoms with Gasteiger partial charge in [-0.3, -0.25) is 4.99 Å².